The maximum Gasteiger partial charge on any atom is 0.270 e. The third kappa shape index (κ3) is 3.30. The highest BCUT2D eigenvalue weighted by atomic mass is 32.2. The Kier molecular flexibility index (Phi) is 4.12. The Morgan fingerprint density at radius 1 is 1.12 bits per heavy atom. The van der Waals surface area contributed by atoms with Gasteiger partial charge in [-0.15, -0.1) is 0 Å². The molecule has 0 bridgehead atoms. The Bertz CT molecular complexity index is 870. The molecule has 0 saturated carbocycles. The van der Waals surface area contributed by atoms with E-state index in [2.05, 4.69) is 4.72 Å². The van der Waals surface area contributed by atoms with Crippen molar-refractivity contribution in [2.45, 2.75) is 23.3 Å². The van der Waals surface area contributed by atoms with Gasteiger partial charge in [0.05, 0.1) is 15.4 Å². The fourth-order valence-electron chi connectivity index (χ4n) is 2.88. The largest absolute Gasteiger partial charge is 0.388 e. The van der Waals surface area contributed by atoms with Crippen molar-refractivity contribution >= 4 is 15.7 Å². The second kappa shape index (κ2) is 5.97. The van der Waals surface area contributed by atoms with Gasteiger partial charge in [-0.25, -0.2) is 13.1 Å². The summed E-state index contributed by atoms with van der Waals surface area (Å²) in [6.07, 6.45) is 0.723. The average Bonchev–Trinajstić information content (AvgIpc) is 2.90. The molecule has 2 aromatic carbocycles. The fourth-order valence-corrected chi connectivity index (χ4v) is 4.03. The molecule has 0 amide bonds. The van der Waals surface area contributed by atoms with Crippen LogP contribution in [0, 0.1) is 10.1 Å². The predicted octanol–water partition coefficient (Wildman–Crippen LogP) is 1.40. The monoisotopic (exact) mass is 348 g/mol. The van der Waals surface area contributed by atoms with Gasteiger partial charge in [-0.3, -0.25) is 10.1 Å². The summed E-state index contributed by atoms with van der Waals surface area (Å²) in [7, 11) is -3.94. The Labute approximate surface area is 139 Å². The number of nitrogens with zero attached hydrogens (tertiary/aromatic N) is 1. The molecule has 0 spiro atoms. The lowest BCUT2D eigenvalue weighted by atomic mass is 10.0. The molecular weight excluding hydrogens is 332 g/mol. The van der Waals surface area contributed by atoms with Gasteiger partial charge in [-0.1, -0.05) is 30.3 Å². The molecular formula is C16H16N2O5S. The molecule has 24 heavy (non-hydrogen) atoms. The number of nitrogens with one attached hydrogen (secondary N) is 1. The van der Waals surface area contributed by atoms with Gasteiger partial charge < -0.3 is 5.11 Å². The van der Waals surface area contributed by atoms with Crippen molar-refractivity contribution < 1.29 is 18.4 Å². The molecule has 1 aliphatic rings. The zero-order valence-corrected chi connectivity index (χ0v) is 13.5. The van der Waals surface area contributed by atoms with E-state index in [1.807, 2.05) is 24.3 Å². The van der Waals surface area contributed by atoms with Crippen LogP contribution in [0.5, 0.6) is 0 Å². The number of fused-ring (bicyclic) bond motifs is 1. The maximum atomic E-state index is 12.3. The summed E-state index contributed by atoms with van der Waals surface area (Å²) in [5.74, 6) is 0. The first-order valence-corrected chi connectivity index (χ1v) is 8.81. The van der Waals surface area contributed by atoms with Crippen molar-refractivity contribution in [3.05, 3.63) is 69.8 Å². The summed E-state index contributed by atoms with van der Waals surface area (Å²) in [6, 6.07) is 12.4. The van der Waals surface area contributed by atoms with Crippen LogP contribution in [0.1, 0.15) is 11.1 Å². The number of aliphatic hydroxyl groups is 1. The quantitative estimate of drug-likeness (QED) is 0.627. The number of benzene rings is 2. The number of rotatable bonds is 5. The van der Waals surface area contributed by atoms with Crippen molar-refractivity contribution in [3.63, 3.8) is 0 Å². The third-order valence-electron chi connectivity index (χ3n) is 4.09. The minimum absolute atomic E-state index is 0.160. The summed E-state index contributed by atoms with van der Waals surface area (Å²) in [5.41, 5.74) is 0.492. The molecule has 0 saturated heterocycles. The highest BCUT2D eigenvalue weighted by Crippen LogP contribution is 2.29. The molecule has 7 nitrogen and oxygen atoms in total. The van der Waals surface area contributed by atoms with E-state index < -0.39 is 20.5 Å². The van der Waals surface area contributed by atoms with Crippen LogP contribution in [-0.4, -0.2) is 30.6 Å². The molecule has 1 aliphatic carbocycles. The number of non-ortho nitro benzene ring substituents is 1. The van der Waals surface area contributed by atoms with Crippen molar-refractivity contribution in [1.29, 1.82) is 0 Å². The standard InChI is InChI=1S/C16H16N2O5S/c19-16(9-12-4-1-2-5-13(12)10-16)11-17-24(22,23)15-7-3-6-14(8-15)18(20)21/h1-8,17,19H,9-11H2. The van der Waals surface area contributed by atoms with Crippen molar-refractivity contribution in [2.24, 2.45) is 0 Å². The third-order valence-corrected chi connectivity index (χ3v) is 5.49. The SMILES string of the molecule is O=[N+]([O-])c1cccc(S(=O)(=O)NCC2(O)Cc3ccccc3C2)c1. The van der Waals surface area contributed by atoms with E-state index in [9.17, 15) is 23.6 Å². The molecule has 0 radical (unpaired) electrons. The van der Waals surface area contributed by atoms with E-state index in [1.54, 1.807) is 0 Å². The minimum Gasteiger partial charge on any atom is -0.388 e. The van der Waals surface area contributed by atoms with Gasteiger partial charge >= 0.3 is 0 Å². The number of nitro groups is 1. The normalized spacial score (nSPS) is 15.9. The van der Waals surface area contributed by atoms with Crippen molar-refractivity contribution in [2.75, 3.05) is 6.54 Å². The van der Waals surface area contributed by atoms with Gasteiger partial charge in [0.1, 0.15) is 0 Å². The molecule has 0 fully saturated rings. The number of sulfonamides is 1. The molecule has 2 aromatic rings. The Morgan fingerprint density at radius 2 is 1.75 bits per heavy atom. The zero-order valence-electron chi connectivity index (χ0n) is 12.7. The van der Waals surface area contributed by atoms with E-state index in [1.165, 1.54) is 18.2 Å². The van der Waals surface area contributed by atoms with Gasteiger partial charge in [-0.2, -0.15) is 0 Å². The predicted molar refractivity (Wildman–Crippen MR) is 87.1 cm³/mol. The van der Waals surface area contributed by atoms with Crippen molar-refractivity contribution in [1.82, 2.24) is 4.72 Å². The Balaban J connectivity index is 1.75. The Hall–Kier alpha value is -2.29. The molecule has 0 unspecified atom stereocenters. The van der Waals surface area contributed by atoms with Crippen LogP contribution in [0.15, 0.2) is 53.4 Å². The smallest absolute Gasteiger partial charge is 0.270 e. The number of hydrogen-bond acceptors (Lipinski definition) is 5. The van der Waals surface area contributed by atoms with Crippen LogP contribution in [0.4, 0.5) is 5.69 Å². The van der Waals surface area contributed by atoms with E-state index >= 15 is 0 Å². The van der Waals surface area contributed by atoms with Crippen molar-refractivity contribution in [3.8, 4) is 0 Å². The molecule has 0 heterocycles. The summed E-state index contributed by atoms with van der Waals surface area (Å²) >= 11 is 0. The van der Waals surface area contributed by atoms with Gasteiger partial charge in [0.2, 0.25) is 10.0 Å². The van der Waals surface area contributed by atoms with Crippen LogP contribution in [0.25, 0.3) is 0 Å². The second-order valence-corrected chi connectivity index (χ2v) is 7.69. The number of hydrogen-bond donors (Lipinski definition) is 2. The van der Waals surface area contributed by atoms with E-state index in [-0.39, 0.29) is 17.1 Å². The lowest BCUT2D eigenvalue weighted by Gasteiger charge is -2.22. The molecule has 0 aliphatic heterocycles. The van der Waals surface area contributed by atoms with E-state index in [0.717, 1.165) is 17.2 Å². The highest BCUT2D eigenvalue weighted by Gasteiger charge is 2.36. The highest BCUT2D eigenvalue weighted by molar-refractivity contribution is 7.89. The van der Waals surface area contributed by atoms with Gasteiger partial charge in [0.25, 0.3) is 5.69 Å². The van der Waals surface area contributed by atoms with Crippen LogP contribution < -0.4 is 4.72 Å². The van der Waals surface area contributed by atoms with E-state index in [0.29, 0.717) is 12.8 Å². The summed E-state index contributed by atoms with van der Waals surface area (Å²) in [4.78, 5) is 9.92. The van der Waals surface area contributed by atoms with Gasteiger partial charge in [0.15, 0.2) is 0 Å². The van der Waals surface area contributed by atoms with Crippen LogP contribution >= 0.6 is 0 Å². The molecule has 3 rings (SSSR count). The first-order valence-electron chi connectivity index (χ1n) is 7.32. The summed E-state index contributed by atoms with van der Waals surface area (Å²) < 4.78 is 27.0. The first kappa shape index (κ1) is 16.6. The maximum absolute atomic E-state index is 12.3. The lowest BCUT2D eigenvalue weighted by molar-refractivity contribution is -0.385. The molecule has 0 aromatic heterocycles. The second-order valence-electron chi connectivity index (χ2n) is 5.93. The summed E-state index contributed by atoms with van der Waals surface area (Å²) in [6.45, 7) is -0.160. The van der Waals surface area contributed by atoms with E-state index in [4.69, 9.17) is 0 Å². The number of nitro benzene ring substituents is 1. The van der Waals surface area contributed by atoms with Crippen LogP contribution in [-0.2, 0) is 22.9 Å². The average molecular weight is 348 g/mol. The minimum atomic E-state index is -3.94. The molecule has 126 valence electrons. The topological polar surface area (TPSA) is 110 Å². The lowest BCUT2D eigenvalue weighted by Crippen LogP contribution is -2.43. The van der Waals surface area contributed by atoms with Gasteiger partial charge in [-0.05, 0) is 17.2 Å². The molecule has 8 heteroatoms. The first-order chi connectivity index (χ1) is 11.3. The Morgan fingerprint density at radius 3 is 2.33 bits per heavy atom. The molecule has 0 atom stereocenters. The fraction of sp³-hybridized carbons (Fsp3) is 0.250. The molecule has 2 N–H and O–H groups in total. The van der Waals surface area contributed by atoms with Crippen LogP contribution in [0.3, 0.4) is 0 Å². The van der Waals surface area contributed by atoms with Gasteiger partial charge in [0, 0.05) is 31.5 Å². The zero-order chi connectivity index (χ0) is 17.4. The van der Waals surface area contributed by atoms with Crippen LogP contribution in [0.2, 0.25) is 0 Å². The summed E-state index contributed by atoms with van der Waals surface area (Å²) in [5, 5.41) is 21.4.